The van der Waals surface area contributed by atoms with E-state index in [4.69, 9.17) is 0 Å². The summed E-state index contributed by atoms with van der Waals surface area (Å²) in [6, 6.07) is 3.86. The van der Waals surface area contributed by atoms with Crippen LogP contribution in [-0.4, -0.2) is 37.0 Å². The lowest BCUT2D eigenvalue weighted by molar-refractivity contribution is 0.0786. The molecule has 2 unspecified atom stereocenters. The van der Waals surface area contributed by atoms with E-state index in [1.807, 2.05) is 22.4 Å². The summed E-state index contributed by atoms with van der Waals surface area (Å²) in [7, 11) is 0. The first-order valence-electron chi connectivity index (χ1n) is 5.38. The molecular formula is C11H14N2OS. The number of rotatable bonds is 1. The van der Waals surface area contributed by atoms with Gasteiger partial charge in [0.1, 0.15) is 0 Å². The molecule has 1 amide bonds. The molecule has 2 aliphatic heterocycles. The van der Waals surface area contributed by atoms with Crippen molar-refractivity contribution in [1.82, 2.24) is 10.2 Å². The van der Waals surface area contributed by atoms with Crippen LogP contribution in [0, 0.1) is 11.8 Å². The Morgan fingerprint density at radius 3 is 2.73 bits per heavy atom. The van der Waals surface area contributed by atoms with Crippen LogP contribution in [0.5, 0.6) is 0 Å². The minimum atomic E-state index is 0.222. The molecule has 0 spiro atoms. The fraction of sp³-hybridized carbons (Fsp3) is 0.545. The van der Waals surface area contributed by atoms with Gasteiger partial charge in [-0.1, -0.05) is 6.07 Å². The number of nitrogens with one attached hydrogen (secondary N) is 1. The number of hydrogen-bond acceptors (Lipinski definition) is 3. The molecule has 3 nitrogen and oxygen atoms in total. The van der Waals surface area contributed by atoms with Crippen LogP contribution in [-0.2, 0) is 0 Å². The predicted octanol–water partition coefficient (Wildman–Crippen LogP) is 1.04. The Labute approximate surface area is 93.1 Å². The number of carbonyl (C=O) groups excluding carboxylic acids is 1. The van der Waals surface area contributed by atoms with Crippen LogP contribution >= 0.6 is 11.3 Å². The molecule has 15 heavy (non-hydrogen) atoms. The average molecular weight is 222 g/mol. The van der Waals surface area contributed by atoms with Gasteiger partial charge in [-0.15, -0.1) is 11.3 Å². The van der Waals surface area contributed by atoms with E-state index in [9.17, 15) is 4.79 Å². The molecular weight excluding hydrogens is 208 g/mol. The highest BCUT2D eigenvalue weighted by Gasteiger charge is 2.38. The number of carbonyl (C=O) groups is 1. The summed E-state index contributed by atoms with van der Waals surface area (Å²) < 4.78 is 0. The van der Waals surface area contributed by atoms with Crippen molar-refractivity contribution in [2.24, 2.45) is 11.8 Å². The molecule has 3 rings (SSSR count). The maximum Gasteiger partial charge on any atom is 0.263 e. The molecule has 0 saturated carbocycles. The number of nitrogens with zero attached hydrogens (tertiary/aromatic N) is 1. The first kappa shape index (κ1) is 9.36. The van der Waals surface area contributed by atoms with Gasteiger partial charge in [0, 0.05) is 26.2 Å². The van der Waals surface area contributed by atoms with Crippen molar-refractivity contribution in [1.29, 1.82) is 0 Å². The highest BCUT2D eigenvalue weighted by molar-refractivity contribution is 7.12. The van der Waals surface area contributed by atoms with Crippen molar-refractivity contribution in [2.45, 2.75) is 0 Å². The summed E-state index contributed by atoms with van der Waals surface area (Å²) in [5.74, 6) is 1.60. The topological polar surface area (TPSA) is 32.3 Å². The number of fused-ring (bicyclic) bond motifs is 1. The van der Waals surface area contributed by atoms with E-state index in [2.05, 4.69) is 5.32 Å². The van der Waals surface area contributed by atoms with Crippen LogP contribution < -0.4 is 5.32 Å². The third kappa shape index (κ3) is 1.58. The van der Waals surface area contributed by atoms with Crippen molar-refractivity contribution in [3.8, 4) is 0 Å². The van der Waals surface area contributed by atoms with Crippen LogP contribution in [0.15, 0.2) is 17.5 Å². The third-order valence-corrected chi connectivity index (χ3v) is 4.27. The standard InChI is InChI=1S/C11H14N2OS/c14-11(10-2-1-3-15-10)13-6-8-4-12-5-9(8)7-13/h1-3,8-9,12H,4-7H2. The fourth-order valence-corrected chi connectivity index (χ4v) is 3.27. The van der Waals surface area contributed by atoms with Crippen molar-refractivity contribution in [3.63, 3.8) is 0 Å². The highest BCUT2D eigenvalue weighted by Crippen LogP contribution is 2.28. The predicted molar refractivity (Wildman–Crippen MR) is 60.1 cm³/mol. The van der Waals surface area contributed by atoms with Crippen LogP contribution in [0.2, 0.25) is 0 Å². The van der Waals surface area contributed by atoms with Gasteiger partial charge in [-0.2, -0.15) is 0 Å². The van der Waals surface area contributed by atoms with E-state index < -0.39 is 0 Å². The van der Waals surface area contributed by atoms with Gasteiger partial charge >= 0.3 is 0 Å². The first-order valence-corrected chi connectivity index (χ1v) is 6.26. The lowest BCUT2D eigenvalue weighted by atomic mass is 10.0. The third-order valence-electron chi connectivity index (χ3n) is 3.41. The van der Waals surface area contributed by atoms with Crippen LogP contribution in [0.1, 0.15) is 9.67 Å². The van der Waals surface area contributed by atoms with Gasteiger partial charge < -0.3 is 10.2 Å². The maximum atomic E-state index is 12.1. The summed E-state index contributed by atoms with van der Waals surface area (Å²) in [6.45, 7) is 4.04. The van der Waals surface area contributed by atoms with Crippen molar-refractivity contribution >= 4 is 17.2 Å². The van der Waals surface area contributed by atoms with Crippen LogP contribution in [0.25, 0.3) is 0 Å². The number of hydrogen-bond donors (Lipinski definition) is 1. The molecule has 3 heterocycles. The van der Waals surface area contributed by atoms with Gasteiger partial charge in [-0.05, 0) is 23.3 Å². The highest BCUT2D eigenvalue weighted by atomic mass is 32.1. The van der Waals surface area contributed by atoms with Gasteiger partial charge in [0.2, 0.25) is 0 Å². The van der Waals surface area contributed by atoms with E-state index in [0.29, 0.717) is 11.8 Å². The smallest absolute Gasteiger partial charge is 0.263 e. The average Bonchev–Trinajstić information content (AvgIpc) is 2.92. The van der Waals surface area contributed by atoms with E-state index in [1.165, 1.54) is 11.3 Å². The second-order valence-corrected chi connectivity index (χ2v) is 5.31. The Morgan fingerprint density at radius 2 is 2.13 bits per heavy atom. The van der Waals surface area contributed by atoms with Gasteiger partial charge in [-0.3, -0.25) is 4.79 Å². The summed E-state index contributed by atoms with van der Waals surface area (Å²) in [6.07, 6.45) is 0. The molecule has 80 valence electrons. The molecule has 0 bridgehead atoms. The molecule has 1 aromatic rings. The Bertz CT molecular complexity index is 351. The molecule has 2 fully saturated rings. The van der Waals surface area contributed by atoms with Crippen molar-refractivity contribution < 1.29 is 4.79 Å². The fourth-order valence-electron chi connectivity index (χ4n) is 2.58. The van der Waals surface area contributed by atoms with Crippen molar-refractivity contribution in [2.75, 3.05) is 26.2 Å². The minimum Gasteiger partial charge on any atom is -0.337 e. The minimum absolute atomic E-state index is 0.222. The number of likely N-dealkylation sites (tertiary alicyclic amines) is 1. The van der Waals surface area contributed by atoms with Crippen LogP contribution in [0.3, 0.4) is 0 Å². The Morgan fingerprint density at radius 1 is 1.40 bits per heavy atom. The second-order valence-electron chi connectivity index (χ2n) is 4.37. The molecule has 2 aliphatic rings. The molecule has 2 atom stereocenters. The number of thiophene rings is 1. The molecule has 0 aromatic carbocycles. The zero-order valence-corrected chi connectivity index (χ0v) is 9.30. The van der Waals surface area contributed by atoms with Gasteiger partial charge in [0.25, 0.3) is 5.91 Å². The summed E-state index contributed by atoms with van der Waals surface area (Å²) in [5, 5.41) is 5.35. The second kappa shape index (κ2) is 3.61. The normalized spacial score (nSPS) is 29.5. The van der Waals surface area contributed by atoms with Gasteiger partial charge in [0.05, 0.1) is 4.88 Å². The van der Waals surface area contributed by atoms with Crippen LogP contribution in [0.4, 0.5) is 0 Å². The SMILES string of the molecule is O=C(c1cccs1)N1CC2CNCC2C1. The zero-order valence-electron chi connectivity index (χ0n) is 8.48. The zero-order chi connectivity index (χ0) is 10.3. The summed E-state index contributed by atoms with van der Waals surface area (Å²) in [5.41, 5.74) is 0. The molecule has 4 heteroatoms. The molecule has 1 N–H and O–H groups in total. The molecule has 1 aromatic heterocycles. The van der Waals surface area contributed by atoms with Crippen molar-refractivity contribution in [3.05, 3.63) is 22.4 Å². The Balaban J connectivity index is 1.72. The first-order chi connectivity index (χ1) is 7.34. The molecule has 0 aliphatic carbocycles. The maximum absolute atomic E-state index is 12.1. The molecule has 0 radical (unpaired) electrons. The lowest BCUT2D eigenvalue weighted by Crippen LogP contribution is -2.31. The van der Waals surface area contributed by atoms with Gasteiger partial charge in [-0.25, -0.2) is 0 Å². The van der Waals surface area contributed by atoms with E-state index in [1.54, 1.807) is 0 Å². The quantitative estimate of drug-likeness (QED) is 0.770. The number of amides is 1. The lowest BCUT2D eigenvalue weighted by Gasteiger charge is -2.16. The largest absolute Gasteiger partial charge is 0.337 e. The molecule has 2 saturated heterocycles. The van der Waals surface area contributed by atoms with Gasteiger partial charge in [0.15, 0.2) is 0 Å². The van der Waals surface area contributed by atoms with E-state index in [0.717, 1.165) is 31.1 Å². The Kier molecular flexibility index (Phi) is 2.25. The Hall–Kier alpha value is -0.870. The monoisotopic (exact) mass is 222 g/mol. The van der Waals surface area contributed by atoms with E-state index >= 15 is 0 Å². The summed E-state index contributed by atoms with van der Waals surface area (Å²) >= 11 is 1.54. The summed E-state index contributed by atoms with van der Waals surface area (Å²) in [4.78, 5) is 14.9. The van der Waals surface area contributed by atoms with E-state index in [-0.39, 0.29) is 5.91 Å².